The van der Waals surface area contributed by atoms with E-state index >= 15 is 0 Å². The minimum Gasteiger partial charge on any atom is -0.382 e. The molecule has 5 nitrogen and oxygen atoms in total. The number of hydrogen-bond donors (Lipinski definition) is 2. The van der Waals surface area contributed by atoms with Crippen LogP contribution in [0.25, 0.3) is 11.4 Å². The van der Waals surface area contributed by atoms with Gasteiger partial charge in [0.25, 0.3) is 0 Å². The van der Waals surface area contributed by atoms with Gasteiger partial charge in [-0.25, -0.2) is 4.98 Å². The van der Waals surface area contributed by atoms with E-state index in [1.165, 1.54) is 0 Å². The van der Waals surface area contributed by atoms with Crippen molar-refractivity contribution in [2.24, 2.45) is 11.3 Å². The Morgan fingerprint density at radius 2 is 1.95 bits per heavy atom. The van der Waals surface area contributed by atoms with Crippen LogP contribution in [0.3, 0.4) is 0 Å². The van der Waals surface area contributed by atoms with Crippen molar-refractivity contribution >= 4 is 0 Å². The summed E-state index contributed by atoms with van der Waals surface area (Å²) in [5.74, 6) is 1.65. The maximum atomic E-state index is 11.1. The Balaban J connectivity index is 1.92. The highest BCUT2D eigenvalue weighted by atomic mass is 16.3. The number of H-pyrrole nitrogens is 1. The molecule has 21 heavy (non-hydrogen) atoms. The van der Waals surface area contributed by atoms with Gasteiger partial charge in [0.2, 0.25) is 0 Å². The Labute approximate surface area is 124 Å². The first-order valence-corrected chi connectivity index (χ1v) is 7.44. The number of aromatic nitrogens is 4. The van der Waals surface area contributed by atoms with E-state index in [4.69, 9.17) is 0 Å². The van der Waals surface area contributed by atoms with Gasteiger partial charge in [-0.2, -0.15) is 5.10 Å². The van der Waals surface area contributed by atoms with Crippen LogP contribution in [0.4, 0.5) is 0 Å². The monoisotopic (exact) mass is 286 g/mol. The molecule has 5 heteroatoms. The highest BCUT2D eigenvalue weighted by molar-refractivity contribution is 5.53. The second-order valence-corrected chi connectivity index (χ2v) is 7.13. The Hall–Kier alpha value is -1.75. The predicted molar refractivity (Wildman–Crippen MR) is 80.3 cm³/mol. The Bertz CT molecular complexity index is 622. The van der Waals surface area contributed by atoms with Crippen molar-refractivity contribution in [3.63, 3.8) is 0 Å². The van der Waals surface area contributed by atoms with Gasteiger partial charge in [-0.3, -0.25) is 10.1 Å². The Morgan fingerprint density at radius 1 is 1.24 bits per heavy atom. The predicted octanol–water partition coefficient (Wildman–Crippen LogP) is 2.90. The molecular formula is C16H22N4O. The molecule has 2 unspecified atom stereocenters. The van der Waals surface area contributed by atoms with Crippen molar-refractivity contribution in [3.8, 4) is 11.4 Å². The van der Waals surface area contributed by atoms with Gasteiger partial charge in [0.1, 0.15) is 5.60 Å². The summed E-state index contributed by atoms with van der Waals surface area (Å²) in [5, 5.41) is 18.3. The van der Waals surface area contributed by atoms with Crippen LogP contribution in [0.1, 0.15) is 45.9 Å². The number of rotatable bonds is 2. The summed E-state index contributed by atoms with van der Waals surface area (Å²) >= 11 is 0. The Morgan fingerprint density at radius 3 is 2.62 bits per heavy atom. The zero-order chi connectivity index (χ0) is 15.1. The third-order valence-corrected chi connectivity index (χ3v) is 4.22. The molecule has 2 aromatic heterocycles. The summed E-state index contributed by atoms with van der Waals surface area (Å²) in [6.45, 7) is 6.59. The summed E-state index contributed by atoms with van der Waals surface area (Å²) in [6, 6.07) is 3.73. The third-order valence-electron chi connectivity index (χ3n) is 4.22. The molecule has 2 atom stereocenters. The summed E-state index contributed by atoms with van der Waals surface area (Å²) in [4.78, 5) is 8.53. The van der Waals surface area contributed by atoms with Crippen molar-refractivity contribution in [2.75, 3.05) is 0 Å². The minimum absolute atomic E-state index is 0.107. The molecule has 1 fully saturated rings. The lowest BCUT2D eigenvalue weighted by molar-refractivity contribution is -0.0695. The first kappa shape index (κ1) is 14.2. The number of nitrogens with zero attached hydrogens (tertiary/aromatic N) is 3. The normalized spacial score (nSPS) is 28.5. The van der Waals surface area contributed by atoms with Crippen LogP contribution in [-0.2, 0) is 5.60 Å². The fourth-order valence-electron chi connectivity index (χ4n) is 3.81. The molecule has 1 aliphatic rings. The Kier molecular flexibility index (Phi) is 3.32. The lowest BCUT2D eigenvalue weighted by Gasteiger charge is -2.43. The van der Waals surface area contributed by atoms with Crippen molar-refractivity contribution in [1.29, 1.82) is 0 Å². The molecule has 1 saturated carbocycles. The van der Waals surface area contributed by atoms with E-state index < -0.39 is 5.60 Å². The van der Waals surface area contributed by atoms with E-state index in [1.54, 1.807) is 12.4 Å². The maximum absolute atomic E-state index is 11.1. The molecule has 2 aromatic rings. The van der Waals surface area contributed by atoms with Crippen molar-refractivity contribution < 1.29 is 5.11 Å². The van der Waals surface area contributed by atoms with E-state index in [-0.39, 0.29) is 5.41 Å². The van der Waals surface area contributed by atoms with Gasteiger partial charge in [-0.15, -0.1) is 0 Å². The molecule has 2 heterocycles. The molecule has 0 amide bonds. The molecule has 0 spiro atoms. The van der Waals surface area contributed by atoms with Gasteiger partial charge in [0.05, 0.1) is 0 Å². The minimum atomic E-state index is -0.917. The van der Waals surface area contributed by atoms with E-state index in [0.29, 0.717) is 24.0 Å². The molecular weight excluding hydrogens is 264 g/mol. The highest BCUT2D eigenvalue weighted by Gasteiger charge is 2.44. The second-order valence-electron chi connectivity index (χ2n) is 7.13. The summed E-state index contributed by atoms with van der Waals surface area (Å²) in [7, 11) is 0. The lowest BCUT2D eigenvalue weighted by atomic mass is 9.65. The van der Waals surface area contributed by atoms with Gasteiger partial charge >= 0.3 is 0 Å². The quantitative estimate of drug-likeness (QED) is 0.890. The maximum Gasteiger partial charge on any atom is 0.181 e. The zero-order valence-corrected chi connectivity index (χ0v) is 12.8. The van der Waals surface area contributed by atoms with Crippen molar-refractivity contribution in [3.05, 3.63) is 30.4 Å². The number of pyridine rings is 1. The summed E-state index contributed by atoms with van der Waals surface area (Å²) in [6.07, 6.45) is 5.98. The van der Waals surface area contributed by atoms with Gasteiger partial charge in [-0.1, -0.05) is 20.8 Å². The third kappa shape index (κ3) is 2.83. The number of aromatic amines is 1. The standard InChI is InChI=1S/C16H22N4O/c1-11-8-15(2,3)10-16(21,9-11)14-18-13(19-20-14)12-4-6-17-7-5-12/h4-7,11,21H,8-10H2,1-3H3,(H,18,19,20). The SMILES string of the molecule is CC1CC(C)(C)CC(O)(c2nc(-c3ccncc3)n[nH]2)C1. The summed E-state index contributed by atoms with van der Waals surface area (Å²) < 4.78 is 0. The van der Waals surface area contributed by atoms with E-state index in [0.717, 1.165) is 18.4 Å². The van der Waals surface area contributed by atoms with Crippen molar-refractivity contribution in [2.45, 2.75) is 45.6 Å². The fraction of sp³-hybridized carbons (Fsp3) is 0.562. The summed E-state index contributed by atoms with van der Waals surface area (Å²) in [5.41, 5.74) is 0.0920. The van der Waals surface area contributed by atoms with Gasteiger partial charge < -0.3 is 5.11 Å². The molecule has 112 valence electrons. The number of nitrogens with one attached hydrogen (secondary N) is 1. The average Bonchev–Trinajstić information content (AvgIpc) is 2.87. The largest absolute Gasteiger partial charge is 0.382 e. The zero-order valence-electron chi connectivity index (χ0n) is 12.8. The molecule has 0 bridgehead atoms. The van der Waals surface area contributed by atoms with E-state index in [9.17, 15) is 5.11 Å². The van der Waals surface area contributed by atoms with Crippen LogP contribution >= 0.6 is 0 Å². The smallest absolute Gasteiger partial charge is 0.181 e. The first-order valence-electron chi connectivity index (χ1n) is 7.44. The molecule has 2 N–H and O–H groups in total. The highest BCUT2D eigenvalue weighted by Crippen LogP contribution is 2.47. The fourth-order valence-corrected chi connectivity index (χ4v) is 3.81. The van der Waals surface area contributed by atoms with Crippen LogP contribution in [-0.4, -0.2) is 25.3 Å². The molecule has 0 aliphatic heterocycles. The van der Waals surface area contributed by atoms with Gasteiger partial charge in [0, 0.05) is 18.0 Å². The topological polar surface area (TPSA) is 74.7 Å². The van der Waals surface area contributed by atoms with Crippen LogP contribution in [0.2, 0.25) is 0 Å². The van der Waals surface area contributed by atoms with E-state index in [2.05, 4.69) is 40.9 Å². The average molecular weight is 286 g/mol. The first-order chi connectivity index (χ1) is 9.88. The lowest BCUT2D eigenvalue weighted by Crippen LogP contribution is -2.40. The molecule has 3 rings (SSSR count). The number of hydrogen-bond acceptors (Lipinski definition) is 4. The van der Waals surface area contributed by atoms with Crippen LogP contribution in [0, 0.1) is 11.3 Å². The van der Waals surface area contributed by atoms with Crippen molar-refractivity contribution in [1.82, 2.24) is 20.2 Å². The number of aliphatic hydroxyl groups is 1. The van der Waals surface area contributed by atoms with Crippen LogP contribution in [0.5, 0.6) is 0 Å². The van der Waals surface area contributed by atoms with Gasteiger partial charge in [0.15, 0.2) is 11.6 Å². The molecule has 0 radical (unpaired) electrons. The van der Waals surface area contributed by atoms with Gasteiger partial charge in [-0.05, 0) is 42.7 Å². The molecule has 0 saturated heterocycles. The van der Waals surface area contributed by atoms with Crippen LogP contribution < -0.4 is 0 Å². The van der Waals surface area contributed by atoms with Crippen LogP contribution in [0.15, 0.2) is 24.5 Å². The second kappa shape index (κ2) is 4.91. The van der Waals surface area contributed by atoms with E-state index in [1.807, 2.05) is 12.1 Å². The molecule has 1 aliphatic carbocycles. The molecule has 0 aromatic carbocycles.